The standard InChI is InChI=1S/C13H17NO5/c1-9(2)19-13(16)8-18-12(15)7-17-11-5-3-4-10(14)6-11/h3-6,9H,7-8,14H2,1-2H3. The fourth-order valence-electron chi connectivity index (χ4n) is 1.22. The maximum Gasteiger partial charge on any atom is 0.344 e. The van der Waals surface area contributed by atoms with Gasteiger partial charge < -0.3 is 19.9 Å². The molecule has 0 aliphatic heterocycles. The van der Waals surface area contributed by atoms with Gasteiger partial charge in [0.25, 0.3) is 0 Å². The van der Waals surface area contributed by atoms with E-state index in [1.165, 1.54) is 0 Å². The normalized spacial score (nSPS) is 10.1. The molecule has 0 aliphatic rings. The second-order valence-corrected chi connectivity index (χ2v) is 4.06. The third-order valence-corrected chi connectivity index (χ3v) is 1.93. The van der Waals surface area contributed by atoms with Gasteiger partial charge in [-0.1, -0.05) is 6.07 Å². The molecule has 0 heterocycles. The number of esters is 2. The molecule has 0 saturated heterocycles. The molecular formula is C13H17NO5. The Kier molecular flexibility index (Phi) is 5.66. The summed E-state index contributed by atoms with van der Waals surface area (Å²) in [6.07, 6.45) is -0.241. The van der Waals surface area contributed by atoms with Crippen molar-refractivity contribution in [1.29, 1.82) is 0 Å². The molecule has 0 fully saturated rings. The summed E-state index contributed by atoms with van der Waals surface area (Å²) in [6, 6.07) is 6.65. The summed E-state index contributed by atoms with van der Waals surface area (Å²) in [6.45, 7) is 2.71. The molecule has 0 aromatic heterocycles. The van der Waals surface area contributed by atoms with E-state index in [2.05, 4.69) is 4.74 Å². The molecule has 6 heteroatoms. The number of nitrogens with two attached hydrogens (primary N) is 1. The maximum absolute atomic E-state index is 11.3. The first-order chi connectivity index (χ1) is 8.97. The van der Waals surface area contributed by atoms with Crippen molar-refractivity contribution in [2.24, 2.45) is 0 Å². The molecule has 1 rings (SSSR count). The minimum absolute atomic E-state index is 0.241. The van der Waals surface area contributed by atoms with Crippen molar-refractivity contribution in [1.82, 2.24) is 0 Å². The summed E-state index contributed by atoms with van der Waals surface area (Å²) in [5, 5.41) is 0. The number of hydrogen-bond donors (Lipinski definition) is 1. The Bertz CT molecular complexity index is 444. The number of ether oxygens (including phenoxy) is 3. The third-order valence-electron chi connectivity index (χ3n) is 1.93. The Morgan fingerprint density at radius 1 is 1.21 bits per heavy atom. The van der Waals surface area contributed by atoms with E-state index in [9.17, 15) is 9.59 Å². The molecule has 104 valence electrons. The lowest BCUT2D eigenvalue weighted by Gasteiger charge is -2.09. The number of anilines is 1. The van der Waals surface area contributed by atoms with E-state index in [0.717, 1.165) is 0 Å². The van der Waals surface area contributed by atoms with Crippen molar-refractivity contribution in [2.75, 3.05) is 18.9 Å². The highest BCUT2D eigenvalue weighted by Crippen LogP contribution is 2.14. The first kappa shape index (κ1) is 14.8. The summed E-state index contributed by atoms with van der Waals surface area (Å²) >= 11 is 0. The lowest BCUT2D eigenvalue weighted by Crippen LogP contribution is -2.22. The quantitative estimate of drug-likeness (QED) is 0.614. The number of benzene rings is 1. The Balaban J connectivity index is 2.26. The SMILES string of the molecule is CC(C)OC(=O)COC(=O)COc1cccc(N)c1. The number of nitrogen functional groups attached to an aromatic ring is 1. The zero-order valence-corrected chi connectivity index (χ0v) is 10.9. The Morgan fingerprint density at radius 3 is 2.58 bits per heavy atom. The monoisotopic (exact) mass is 267 g/mol. The number of carbonyl (C=O) groups is 2. The molecule has 2 N–H and O–H groups in total. The van der Waals surface area contributed by atoms with Crippen molar-refractivity contribution < 1.29 is 23.8 Å². The third kappa shape index (κ3) is 6.30. The Labute approximate surface area is 111 Å². The molecule has 0 amide bonds. The van der Waals surface area contributed by atoms with Gasteiger partial charge in [0, 0.05) is 11.8 Å². The molecule has 19 heavy (non-hydrogen) atoms. The van der Waals surface area contributed by atoms with Crippen LogP contribution in [0, 0.1) is 0 Å². The summed E-state index contributed by atoms with van der Waals surface area (Å²) < 4.78 is 14.6. The van der Waals surface area contributed by atoms with Crippen molar-refractivity contribution in [2.45, 2.75) is 20.0 Å². The molecule has 0 radical (unpaired) electrons. The van der Waals surface area contributed by atoms with Gasteiger partial charge in [0.2, 0.25) is 0 Å². The molecule has 0 bridgehead atoms. The molecule has 0 spiro atoms. The van der Waals surface area contributed by atoms with E-state index >= 15 is 0 Å². The summed E-state index contributed by atoms with van der Waals surface area (Å²) in [4.78, 5) is 22.4. The zero-order valence-electron chi connectivity index (χ0n) is 10.9. The average molecular weight is 267 g/mol. The van der Waals surface area contributed by atoms with E-state index in [1.807, 2.05) is 0 Å². The molecule has 0 atom stereocenters. The van der Waals surface area contributed by atoms with E-state index in [-0.39, 0.29) is 12.7 Å². The van der Waals surface area contributed by atoms with Gasteiger partial charge in [0.15, 0.2) is 13.2 Å². The first-order valence-electron chi connectivity index (χ1n) is 5.81. The first-order valence-corrected chi connectivity index (χ1v) is 5.81. The highest BCUT2D eigenvalue weighted by Gasteiger charge is 2.10. The lowest BCUT2D eigenvalue weighted by atomic mass is 10.3. The van der Waals surface area contributed by atoms with Crippen LogP contribution in [0.5, 0.6) is 5.75 Å². The molecule has 0 aliphatic carbocycles. The smallest absolute Gasteiger partial charge is 0.344 e. The predicted molar refractivity (Wildman–Crippen MR) is 68.5 cm³/mol. The Hall–Kier alpha value is -2.24. The van der Waals surface area contributed by atoms with Gasteiger partial charge in [0.1, 0.15) is 5.75 Å². The molecular weight excluding hydrogens is 250 g/mol. The summed E-state index contributed by atoms with van der Waals surface area (Å²) in [5.74, 6) is -0.780. The van der Waals surface area contributed by atoms with E-state index in [1.54, 1.807) is 38.1 Å². The fourth-order valence-corrected chi connectivity index (χ4v) is 1.22. The predicted octanol–water partition coefficient (Wildman–Crippen LogP) is 1.14. The average Bonchev–Trinajstić information content (AvgIpc) is 2.33. The van der Waals surface area contributed by atoms with E-state index in [0.29, 0.717) is 11.4 Å². The van der Waals surface area contributed by atoms with Gasteiger partial charge in [-0.2, -0.15) is 0 Å². The molecule has 0 unspecified atom stereocenters. The number of rotatable bonds is 6. The minimum Gasteiger partial charge on any atom is -0.482 e. The highest BCUT2D eigenvalue weighted by atomic mass is 16.6. The van der Waals surface area contributed by atoms with Crippen LogP contribution in [-0.2, 0) is 19.1 Å². The second-order valence-electron chi connectivity index (χ2n) is 4.06. The molecule has 1 aromatic rings. The highest BCUT2D eigenvalue weighted by molar-refractivity contribution is 5.77. The zero-order chi connectivity index (χ0) is 14.3. The number of carbonyl (C=O) groups excluding carboxylic acids is 2. The molecule has 1 aromatic carbocycles. The van der Waals surface area contributed by atoms with E-state index in [4.69, 9.17) is 15.2 Å². The van der Waals surface area contributed by atoms with Crippen LogP contribution >= 0.6 is 0 Å². The van der Waals surface area contributed by atoms with Crippen molar-refractivity contribution in [3.05, 3.63) is 24.3 Å². The van der Waals surface area contributed by atoms with Crippen LogP contribution < -0.4 is 10.5 Å². The van der Waals surface area contributed by atoms with Crippen LogP contribution in [0.1, 0.15) is 13.8 Å². The van der Waals surface area contributed by atoms with E-state index < -0.39 is 18.5 Å². The van der Waals surface area contributed by atoms with Crippen LogP contribution in [0.2, 0.25) is 0 Å². The van der Waals surface area contributed by atoms with Gasteiger partial charge >= 0.3 is 11.9 Å². The largest absolute Gasteiger partial charge is 0.482 e. The van der Waals surface area contributed by atoms with Crippen LogP contribution in [0.15, 0.2) is 24.3 Å². The van der Waals surface area contributed by atoms with Crippen molar-refractivity contribution in [3.63, 3.8) is 0 Å². The van der Waals surface area contributed by atoms with Crippen molar-refractivity contribution >= 4 is 17.6 Å². The van der Waals surface area contributed by atoms with Crippen LogP contribution in [-0.4, -0.2) is 31.3 Å². The summed E-state index contributed by atoms with van der Waals surface area (Å²) in [7, 11) is 0. The number of hydrogen-bond acceptors (Lipinski definition) is 6. The lowest BCUT2D eigenvalue weighted by molar-refractivity contribution is -0.162. The maximum atomic E-state index is 11.3. The topological polar surface area (TPSA) is 87.8 Å². The summed E-state index contributed by atoms with van der Waals surface area (Å²) in [5.41, 5.74) is 6.09. The second kappa shape index (κ2) is 7.25. The Morgan fingerprint density at radius 2 is 1.95 bits per heavy atom. The fraction of sp³-hybridized carbons (Fsp3) is 0.385. The minimum atomic E-state index is -0.650. The van der Waals surface area contributed by atoms with Gasteiger partial charge in [-0.05, 0) is 26.0 Å². The van der Waals surface area contributed by atoms with Crippen LogP contribution in [0.25, 0.3) is 0 Å². The molecule has 6 nitrogen and oxygen atoms in total. The van der Waals surface area contributed by atoms with Gasteiger partial charge in [-0.3, -0.25) is 0 Å². The van der Waals surface area contributed by atoms with Gasteiger partial charge in [-0.25, -0.2) is 9.59 Å². The van der Waals surface area contributed by atoms with Crippen molar-refractivity contribution in [3.8, 4) is 5.75 Å². The van der Waals surface area contributed by atoms with Crippen LogP contribution in [0.3, 0.4) is 0 Å². The van der Waals surface area contributed by atoms with Gasteiger partial charge in [0.05, 0.1) is 6.10 Å². The van der Waals surface area contributed by atoms with Crippen LogP contribution in [0.4, 0.5) is 5.69 Å². The molecule has 0 saturated carbocycles. The van der Waals surface area contributed by atoms with Gasteiger partial charge in [-0.15, -0.1) is 0 Å².